The Morgan fingerprint density at radius 1 is 1.31 bits per heavy atom. The van der Waals surface area contributed by atoms with Crippen molar-refractivity contribution in [3.63, 3.8) is 0 Å². The summed E-state index contributed by atoms with van der Waals surface area (Å²) < 4.78 is 5.08. The molecule has 16 heavy (non-hydrogen) atoms. The van der Waals surface area contributed by atoms with Gasteiger partial charge in [-0.15, -0.1) is 0 Å². The number of aliphatic hydroxyl groups excluding tert-OH is 1. The molecule has 3 heteroatoms. The van der Waals surface area contributed by atoms with Gasteiger partial charge in [-0.05, 0) is 29.9 Å². The Hall–Kier alpha value is -0.670. The molecule has 0 bridgehead atoms. The van der Waals surface area contributed by atoms with E-state index in [1.54, 1.807) is 7.11 Å². The molecule has 1 aromatic rings. The van der Waals surface area contributed by atoms with Crippen molar-refractivity contribution < 1.29 is 9.84 Å². The molecule has 0 radical (unpaired) electrons. The number of thioether (sulfide) groups is 1. The Kier molecular flexibility index (Phi) is 6.34. The number of benzene rings is 1. The van der Waals surface area contributed by atoms with Crippen molar-refractivity contribution in [2.45, 2.75) is 25.9 Å². The van der Waals surface area contributed by atoms with Crippen LogP contribution in [0.5, 0.6) is 5.75 Å². The molecule has 0 aromatic heterocycles. The zero-order chi connectivity index (χ0) is 11.8. The van der Waals surface area contributed by atoms with Gasteiger partial charge in [-0.2, -0.15) is 11.8 Å². The van der Waals surface area contributed by atoms with E-state index < -0.39 is 0 Å². The number of rotatable bonds is 7. The van der Waals surface area contributed by atoms with Crippen LogP contribution in [0.2, 0.25) is 0 Å². The zero-order valence-corrected chi connectivity index (χ0v) is 10.8. The fourth-order valence-electron chi connectivity index (χ4n) is 1.36. The summed E-state index contributed by atoms with van der Waals surface area (Å²) in [5.74, 6) is 2.73. The topological polar surface area (TPSA) is 29.5 Å². The smallest absolute Gasteiger partial charge is 0.118 e. The van der Waals surface area contributed by atoms with E-state index >= 15 is 0 Å². The van der Waals surface area contributed by atoms with Crippen molar-refractivity contribution in [2.24, 2.45) is 0 Å². The van der Waals surface area contributed by atoms with E-state index in [1.807, 2.05) is 36.0 Å². The summed E-state index contributed by atoms with van der Waals surface area (Å²) in [5.41, 5.74) is 0.963. The molecule has 0 fully saturated rings. The van der Waals surface area contributed by atoms with Crippen molar-refractivity contribution in [1.82, 2.24) is 0 Å². The molecular weight excluding hydrogens is 220 g/mol. The molecule has 0 spiro atoms. The van der Waals surface area contributed by atoms with Gasteiger partial charge >= 0.3 is 0 Å². The molecule has 0 aliphatic carbocycles. The lowest BCUT2D eigenvalue weighted by molar-refractivity contribution is 0.204. The van der Waals surface area contributed by atoms with Crippen molar-refractivity contribution >= 4 is 11.8 Å². The molecule has 0 aliphatic rings. The molecule has 0 unspecified atom stereocenters. The standard InChI is InChI=1S/C13H20O2S/c1-3-4-9-16-10-13(14)11-5-7-12(15-2)8-6-11/h5-8,13-14H,3-4,9-10H2,1-2H3/t13-/m1/s1. The Balaban J connectivity index is 2.37. The molecule has 1 aromatic carbocycles. The summed E-state index contributed by atoms with van der Waals surface area (Å²) in [6.45, 7) is 2.18. The molecule has 1 rings (SSSR count). The van der Waals surface area contributed by atoms with Crippen LogP contribution in [-0.4, -0.2) is 23.7 Å². The second-order valence-corrected chi connectivity index (χ2v) is 4.87. The van der Waals surface area contributed by atoms with Crippen LogP contribution < -0.4 is 4.74 Å². The lowest BCUT2D eigenvalue weighted by atomic mass is 10.1. The third kappa shape index (κ3) is 4.45. The fraction of sp³-hybridized carbons (Fsp3) is 0.538. The van der Waals surface area contributed by atoms with Crippen LogP contribution in [0.3, 0.4) is 0 Å². The summed E-state index contributed by atoms with van der Waals surface area (Å²) in [4.78, 5) is 0. The van der Waals surface area contributed by atoms with Gasteiger partial charge in [0.25, 0.3) is 0 Å². The first-order valence-electron chi connectivity index (χ1n) is 5.67. The van der Waals surface area contributed by atoms with E-state index in [4.69, 9.17) is 4.74 Å². The normalized spacial score (nSPS) is 12.4. The number of methoxy groups -OCH3 is 1. The van der Waals surface area contributed by atoms with E-state index in [9.17, 15) is 5.11 Å². The minimum atomic E-state index is -0.368. The largest absolute Gasteiger partial charge is 0.497 e. The molecule has 1 atom stereocenters. The van der Waals surface area contributed by atoms with Crippen LogP contribution in [0.1, 0.15) is 31.4 Å². The highest BCUT2D eigenvalue weighted by molar-refractivity contribution is 7.99. The minimum absolute atomic E-state index is 0.368. The van der Waals surface area contributed by atoms with Crippen LogP contribution in [-0.2, 0) is 0 Å². The lowest BCUT2D eigenvalue weighted by Crippen LogP contribution is -2.01. The fourth-order valence-corrected chi connectivity index (χ4v) is 2.44. The zero-order valence-electron chi connectivity index (χ0n) is 9.98. The number of aliphatic hydroxyl groups is 1. The predicted molar refractivity (Wildman–Crippen MR) is 70.2 cm³/mol. The number of unbranched alkanes of at least 4 members (excludes halogenated alkanes) is 1. The van der Waals surface area contributed by atoms with Crippen molar-refractivity contribution in [2.75, 3.05) is 18.6 Å². The third-order valence-electron chi connectivity index (χ3n) is 2.42. The van der Waals surface area contributed by atoms with E-state index in [2.05, 4.69) is 6.92 Å². The van der Waals surface area contributed by atoms with Gasteiger partial charge in [-0.25, -0.2) is 0 Å². The average molecular weight is 240 g/mol. The predicted octanol–water partition coefficient (Wildman–Crippen LogP) is 3.26. The summed E-state index contributed by atoms with van der Waals surface area (Å²) in [6.07, 6.45) is 2.07. The van der Waals surface area contributed by atoms with Crippen LogP contribution in [0.4, 0.5) is 0 Å². The highest BCUT2D eigenvalue weighted by Crippen LogP contribution is 2.21. The van der Waals surface area contributed by atoms with Crippen molar-refractivity contribution in [1.29, 1.82) is 0 Å². The first-order valence-corrected chi connectivity index (χ1v) is 6.83. The minimum Gasteiger partial charge on any atom is -0.497 e. The van der Waals surface area contributed by atoms with E-state index in [-0.39, 0.29) is 6.10 Å². The molecule has 2 nitrogen and oxygen atoms in total. The first kappa shape index (κ1) is 13.4. The Morgan fingerprint density at radius 3 is 2.56 bits per heavy atom. The quantitative estimate of drug-likeness (QED) is 0.742. The second kappa shape index (κ2) is 7.58. The van der Waals surface area contributed by atoms with Crippen LogP contribution in [0, 0.1) is 0 Å². The maximum absolute atomic E-state index is 9.92. The second-order valence-electron chi connectivity index (χ2n) is 3.72. The maximum Gasteiger partial charge on any atom is 0.118 e. The summed E-state index contributed by atoms with van der Waals surface area (Å²) in [7, 11) is 1.64. The number of ether oxygens (including phenoxy) is 1. The maximum atomic E-state index is 9.92. The third-order valence-corrected chi connectivity index (χ3v) is 3.55. The first-order chi connectivity index (χ1) is 7.77. The van der Waals surface area contributed by atoms with Gasteiger partial charge in [-0.3, -0.25) is 0 Å². The van der Waals surface area contributed by atoms with Gasteiger partial charge in [0.1, 0.15) is 5.75 Å². The Morgan fingerprint density at radius 2 is 2.00 bits per heavy atom. The average Bonchev–Trinajstić information content (AvgIpc) is 2.34. The van der Waals surface area contributed by atoms with Gasteiger partial charge < -0.3 is 9.84 Å². The van der Waals surface area contributed by atoms with Gasteiger partial charge in [0.15, 0.2) is 0 Å². The Bertz CT molecular complexity index is 284. The van der Waals surface area contributed by atoms with Crippen LogP contribution >= 0.6 is 11.8 Å². The molecule has 0 saturated carbocycles. The summed E-state index contributed by atoms with van der Waals surface area (Å²) in [5, 5.41) is 9.92. The van der Waals surface area contributed by atoms with Crippen molar-refractivity contribution in [3.8, 4) is 5.75 Å². The van der Waals surface area contributed by atoms with Gasteiger partial charge in [-0.1, -0.05) is 25.5 Å². The number of hydrogen-bond acceptors (Lipinski definition) is 3. The molecule has 90 valence electrons. The number of hydrogen-bond donors (Lipinski definition) is 1. The van der Waals surface area contributed by atoms with E-state index in [0.717, 1.165) is 22.8 Å². The molecule has 0 saturated heterocycles. The SMILES string of the molecule is CCCCSC[C@@H](O)c1ccc(OC)cc1. The summed E-state index contributed by atoms with van der Waals surface area (Å²) in [6, 6.07) is 7.61. The summed E-state index contributed by atoms with van der Waals surface area (Å²) >= 11 is 1.81. The van der Waals surface area contributed by atoms with E-state index in [0.29, 0.717) is 0 Å². The molecule has 0 heterocycles. The highest BCUT2D eigenvalue weighted by atomic mass is 32.2. The van der Waals surface area contributed by atoms with E-state index in [1.165, 1.54) is 12.8 Å². The van der Waals surface area contributed by atoms with Crippen LogP contribution in [0.25, 0.3) is 0 Å². The van der Waals surface area contributed by atoms with Gasteiger partial charge in [0.05, 0.1) is 13.2 Å². The lowest BCUT2D eigenvalue weighted by Gasteiger charge is -2.11. The molecule has 1 N–H and O–H groups in total. The Labute approximate surface area is 102 Å². The highest BCUT2D eigenvalue weighted by Gasteiger charge is 2.07. The van der Waals surface area contributed by atoms with Crippen LogP contribution in [0.15, 0.2) is 24.3 Å². The monoisotopic (exact) mass is 240 g/mol. The van der Waals surface area contributed by atoms with Gasteiger partial charge in [0.2, 0.25) is 0 Å². The van der Waals surface area contributed by atoms with Crippen molar-refractivity contribution in [3.05, 3.63) is 29.8 Å². The molecule has 0 amide bonds. The molecule has 0 aliphatic heterocycles. The van der Waals surface area contributed by atoms with Gasteiger partial charge in [0, 0.05) is 5.75 Å². The molecular formula is C13H20O2S.